The van der Waals surface area contributed by atoms with Crippen molar-refractivity contribution in [2.45, 2.75) is 200 Å². The highest BCUT2D eigenvalue weighted by molar-refractivity contribution is 5.70. The fourth-order valence-corrected chi connectivity index (χ4v) is 6.29. The van der Waals surface area contributed by atoms with Gasteiger partial charge in [-0.15, -0.1) is 0 Å². The average Bonchev–Trinajstić information content (AvgIpc) is 3.28. The summed E-state index contributed by atoms with van der Waals surface area (Å²) >= 11 is 0. The third kappa shape index (κ3) is 48.7. The highest BCUT2D eigenvalue weighted by atomic mass is 16.6. The summed E-state index contributed by atoms with van der Waals surface area (Å²) in [7, 11) is 0. The van der Waals surface area contributed by atoms with E-state index in [-0.39, 0.29) is 25.2 Å². The van der Waals surface area contributed by atoms with Crippen LogP contribution in [0, 0.1) is 0 Å². The van der Waals surface area contributed by atoms with Crippen LogP contribution in [0.4, 0.5) is 0 Å². The summed E-state index contributed by atoms with van der Waals surface area (Å²) in [5.41, 5.74) is 0. The molecule has 0 aromatic carbocycles. The highest BCUT2D eigenvalue weighted by Gasteiger charge is 2.16. The molecule has 0 aliphatic carbocycles. The smallest absolute Gasteiger partial charge is 0.306 e. The number of carbonyl (C=O) groups is 2. The Labute approximate surface area is 381 Å². The van der Waals surface area contributed by atoms with E-state index in [1.807, 2.05) is 0 Å². The molecule has 1 atom stereocenters. The first-order valence-corrected chi connectivity index (χ1v) is 24.7. The lowest BCUT2D eigenvalue weighted by molar-refractivity contribution is -0.161. The third-order valence-corrected chi connectivity index (χ3v) is 9.94. The Bertz CT molecular complexity index is 1330. The summed E-state index contributed by atoms with van der Waals surface area (Å²) in [5.74, 6) is -0.630. The predicted molar refractivity (Wildman–Crippen MR) is 269 cm³/mol. The van der Waals surface area contributed by atoms with Gasteiger partial charge in [0, 0.05) is 12.8 Å². The first-order chi connectivity index (χ1) is 30.6. The van der Waals surface area contributed by atoms with Gasteiger partial charge in [-0.1, -0.05) is 205 Å². The van der Waals surface area contributed by atoms with Crippen molar-refractivity contribution in [3.05, 3.63) is 134 Å². The zero-order valence-electron chi connectivity index (χ0n) is 39.6. The Morgan fingerprint density at radius 3 is 0.968 bits per heavy atom. The molecule has 0 aliphatic rings. The van der Waals surface area contributed by atoms with Crippen molar-refractivity contribution >= 4 is 11.9 Å². The Hall–Kier alpha value is -3.96. The van der Waals surface area contributed by atoms with Gasteiger partial charge in [-0.2, -0.15) is 0 Å². The second-order valence-corrected chi connectivity index (χ2v) is 15.8. The summed E-state index contributed by atoms with van der Waals surface area (Å²) in [6, 6.07) is 0. The first-order valence-electron chi connectivity index (χ1n) is 24.7. The number of carbonyl (C=O) groups excluding carboxylic acids is 2. The van der Waals surface area contributed by atoms with Crippen LogP contribution in [0.5, 0.6) is 0 Å². The number of aliphatic hydroxyl groups excluding tert-OH is 1. The van der Waals surface area contributed by atoms with Crippen molar-refractivity contribution < 1.29 is 24.2 Å². The molecule has 5 nitrogen and oxygen atoms in total. The van der Waals surface area contributed by atoms with E-state index in [1.54, 1.807) is 0 Å². The molecular formula is C57H90O5. The second-order valence-electron chi connectivity index (χ2n) is 15.8. The van der Waals surface area contributed by atoms with Gasteiger partial charge < -0.3 is 14.6 Å². The summed E-state index contributed by atoms with van der Waals surface area (Å²) in [5, 5.41) is 9.61. The number of hydrogen-bond acceptors (Lipinski definition) is 5. The number of allylic oxidation sites excluding steroid dienone is 22. The maximum absolute atomic E-state index is 12.3. The Morgan fingerprint density at radius 1 is 0.371 bits per heavy atom. The van der Waals surface area contributed by atoms with Gasteiger partial charge in [0.05, 0.1) is 6.61 Å². The van der Waals surface area contributed by atoms with Crippen molar-refractivity contribution in [3.8, 4) is 0 Å². The lowest BCUT2D eigenvalue weighted by Crippen LogP contribution is -2.28. The van der Waals surface area contributed by atoms with Crippen LogP contribution in [0.15, 0.2) is 134 Å². The minimum absolute atomic E-state index is 0.0861. The monoisotopic (exact) mass is 855 g/mol. The van der Waals surface area contributed by atoms with E-state index in [0.717, 1.165) is 128 Å². The molecule has 0 heterocycles. The van der Waals surface area contributed by atoms with Crippen LogP contribution in [0.2, 0.25) is 0 Å². The van der Waals surface area contributed by atoms with Gasteiger partial charge in [-0.3, -0.25) is 9.59 Å². The number of esters is 2. The van der Waals surface area contributed by atoms with E-state index in [4.69, 9.17) is 9.47 Å². The molecule has 62 heavy (non-hydrogen) atoms. The molecular weight excluding hydrogens is 765 g/mol. The Kier molecular flexibility index (Phi) is 48.1. The van der Waals surface area contributed by atoms with E-state index < -0.39 is 6.10 Å². The van der Waals surface area contributed by atoms with Crippen molar-refractivity contribution in [2.75, 3.05) is 13.2 Å². The zero-order chi connectivity index (χ0) is 44.9. The lowest BCUT2D eigenvalue weighted by Gasteiger charge is -2.15. The fraction of sp³-hybridized carbons (Fsp3) is 0.579. The van der Waals surface area contributed by atoms with E-state index in [2.05, 4.69) is 148 Å². The third-order valence-electron chi connectivity index (χ3n) is 9.94. The molecule has 348 valence electrons. The van der Waals surface area contributed by atoms with Crippen LogP contribution in [0.3, 0.4) is 0 Å². The molecule has 0 saturated heterocycles. The molecule has 0 rings (SSSR count). The van der Waals surface area contributed by atoms with Crippen molar-refractivity contribution in [2.24, 2.45) is 0 Å². The van der Waals surface area contributed by atoms with Gasteiger partial charge in [-0.25, -0.2) is 0 Å². The Morgan fingerprint density at radius 2 is 0.645 bits per heavy atom. The molecule has 0 radical (unpaired) electrons. The van der Waals surface area contributed by atoms with Crippen molar-refractivity contribution in [1.29, 1.82) is 0 Å². The van der Waals surface area contributed by atoms with Crippen LogP contribution in [-0.2, 0) is 19.1 Å². The van der Waals surface area contributed by atoms with Gasteiger partial charge in [-0.05, 0) is 109 Å². The first kappa shape index (κ1) is 58.0. The van der Waals surface area contributed by atoms with Crippen molar-refractivity contribution in [1.82, 2.24) is 0 Å². The summed E-state index contributed by atoms with van der Waals surface area (Å²) in [6.45, 7) is 3.88. The topological polar surface area (TPSA) is 72.8 Å². The molecule has 0 aromatic rings. The fourth-order valence-electron chi connectivity index (χ4n) is 6.29. The van der Waals surface area contributed by atoms with Gasteiger partial charge in [0.15, 0.2) is 6.10 Å². The van der Waals surface area contributed by atoms with Crippen LogP contribution in [0.25, 0.3) is 0 Å². The molecule has 0 fully saturated rings. The SMILES string of the molecule is CC/C=C\C/C=C\C/C=C\C/C=C\C/C=C\C/C=C\C/C=C\C/C=C\CCCCCCCCC(=O)OC(CO)COC(=O)CCCCCCCCC/C=C\C/C=C\C/C=C\CC. The highest BCUT2D eigenvalue weighted by Crippen LogP contribution is 2.13. The van der Waals surface area contributed by atoms with Crippen LogP contribution in [-0.4, -0.2) is 36.4 Å². The normalized spacial score (nSPS) is 13.4. The molecule has 0 saturated carbocycles. The molecule has 0 aromatic heterocycles. The van der Waals surface area contributed by atoms with Crippen LogP contribution >= 0.6 is 0 Å². The maximum Gasteiger partial charge on any atom is 0.306 e. The number of aliphatic hydroxyl groups is 1. The molecule has 0 bridgehead atoms. The van der Waals surface area contributed by atoms with Crippen LogP contribution in [0.1, 0.15) is 194 Å². The van der Waals surface area contributed by atoms with Crippen LogP contribution < -0.4 is 0 Å². The Balaban J connectivity index is 3.65. The van der Waals surface area contributed by atoms with E-state index >= 15 is 0 Å². The molecule has 0 aliphatic heterocycles. The molecule has 1 unspecified atom stereocenters. The van der Waals surface area contributed by atoms with Crippen molar-refractivity contribution in [3.63, 3.8) is 0 Å². The van der Waals surface area contributed by atoms with E-state index in [0.29, 0.717) is 12.8 Å². The molecule has 0 amide bonds. The van der Waals surface area contributed by atoms with Gasteiger partial charge >= 0.3 is 11.9 Å². The molecule has 5 heteroatoms. The van der Waals surface area contributed by atoms with E-state index in [1.165, 1.54) is 38.5 Å². The molecule has 0 spiro atoms. The number of unbranched alkanes of at least 4 members (excludes halogenated alkanes) is 13. The zero-order valence-corrected chi connectivity index (χ0v) is 39.6. The quantitative estimate of drug-likeness (QED) is 0.0376. The minimum Gasteiger partial charge on any atom is -0.462 e. The van der Waals surface area contributed by atoms with Gasteiger partial charge in [0.25, 0.3) is 0 Å². The summed E-state index contributed by atoms with van der Waals surface area (Å²) in [4.78, 5) is 24.4. The summed E-state index contributed by atoms with van der Waals surface area (Å²) < 4.78 is 10.6. The molecule has 1 N–H and O–H groups in total. The summed E-state index contributed by atoms with van der Waals surface area (Å²) in [6.07, 6.45) is 76.7. The average molecular weight is 855 g/mol. The lowest BCUT2D eigenvalue weighted by atomic mass is 10.1. The maximum atomic E-state index is 12.3. The second kappa shape index (κ2) is 51.4. The van der Waals surface area contributed by atoms with Gasteiger partial charge in [0.2, 0.25) is 0 Å². The minimum atomic E-state index is -0.795. The largest absolute Gasteiger partial charge is 0.462 e. The number of rotatable bonds is 43. The number of hydrogen-bond donors (Lipinski definition) is 1. The van der Waals surface area contributed by atoms with E-state index in [9.17, 15) is 14.7 Å². The number of ether oxygens (including phenoxy) is 2. The predicted octanol–water partition coefficient (Wildman–Crippen LogP) is 16.5. The van der Waals surface area contributed by atoms with Gasteiger partial charge in [0.1, 0.15) is 6.61 Å². The standard InChI is InChI=1S/C57H90O5/c1-3-5-7-9-11-13-15-17-19-21-22-23-24-25-26-27-28-29-30-31-32-33-34-36-38-40-42-44-46-48-50-52-57(60)62-55(53-58)54-61-56(59)51-49-47-45-43-41-39-37-35-20-18-16-14-12-10-8-6-4-2/h5-8,11-14,17-20,22-23,25-26,28-29,31-32,34,36,55,58H,3-4,9-10,15-16,21,24,27,30,33,35,37-54H2,1-2H3/b7-5-,8-6-,13-11-,14-12-,19-17-,20-18-,23-22-,26-25-,29-28-,32-31-,36-34-.